The van der Waals surface area contributed by atoms with Gasteiger partial charge in [0.1, 0.15) is 28.7 Å². The van der Waals surface area contributed by atoms with Crippen molar-refractivity contribution in [1.29, 1.82) is 0 Å². The van der Waals surface area contributed by atoms with Gasteiger partial charge in [0, 0.05) is 55.5 Å². The SMILES string of the molecule is CC(=O)Nc1ccc(-c2cc(N(C)C)c3c(c2O)C(=O)C2=C(O)[C@]4(O)C(=O)C(C(N)=O)=C(O)[C@@H](N(C)C)[C@@H]4C[C@@H]2C3)cn1. The number of carbonyl (C=O) groups excluding carboxylic acids is 4. The van der Waals surface area contributed by atoms with Crippen LogP contribution in [0.25, 0.3) is 11.1 Å². The second-order valence-corrected chi connectivity index (χ2v) is 11.6. The van der Waals surface area contributed by atoms with Crippen LogP contribution in [-0.4, -0.2) is 93.5 Å². The number of hydrogen-bond donors (Lipinski definition) is 6. The number of amides is 2. The number of nitrogens with two attached hydrogens (primary N) is 1. The first kappa shape index (κ1) is 29.7. The Kier molecular flexibility index (Phi) is 7.06. The number of phenols is 1. The number of rotatable bonds is 5. The number of Topliss-reactive ketones (excluding diaryl/α,β-unsaturated/α-hetero) is 2. The number of aliphatic hydroxyl groups is 3. The molecule has 7 N–H and O–H groups in total. The van der Waals surface area contributed by atoms with E-state index in [0.717, 1.165) is 0 Å². The molecule has 3 aliphatic rings. The van der Waals surface area contributed by atoms with Crippen LogP contribution in [0.2, 0.25) is 0 Å². The summed E-state index contributed by atoms with van der Waals surface area (Å²) in [5, 5.41) is 48.3. The van der Waals surface area contributed by atoms with Gasteiger partial charge in [-0.1, -0.05) is 0 Å². The number of carbonyl (C=O) groups is 4. The topological polar surface area (TPSA) is 207 Å². The Morgan fingerprint density at radius 3 is 2.33 bits per heavy atom. The van der Waals surface area contributed by atoms with E-state index in [4.69, 9.17) is 5.73 Å². The van der Waals surface area contributed by atoms with Crippen molar-refractivity contribution in [2.45, 2.75) is 31.4 Å². The number of benzene rings is 1. The van der Waals surface area contributed by atoms with Crippen molar-refractivity contribution in [3.05, 3.63) is 58.2 Å². The molecule has 5 rings (SSSR count). The van der Waals surface area contributed by atoms with Gasteiger partial charge in [-0.2, -0.15) is 0 Å². The average Bonchev–Trinajstić information content (AvgIpc) is 2.90. The molecule has 13 heteroatoms. The molecule has 3 aliphatic carbocycles. The van der Waals surface area contributed by atoms with Gasteiger partial charge in [0.25, 0.3) is 5.91 Å². The van der Waals surface area contributed by atoms with Crippen LogP contribution in [-0.2, 0) is 20.8 Å². The molecule has 2 aromatic rings. The van der Waals surface area contributed by atoms with Crippen LogP contribution in [0.1, 0.15) is 29.3 Å². The van der Waals surface area contributed by atoms with Crippen LogP contribution in [0.4, 0.5) is 11.5 Å². The second kappa shape index (κ2) is 10.2. The van der Waals surface area contributed by atoms with E-state index >= 15 is 0 Å². The standard InChI is InChI=1S/C30H33N5O8/c1-12(36)33-19-7-6-13(11-32-19)15-10-18(34(2)3)16-8-14-9-17-23(35(4)5)26(39)22(29(31)42)28(41)30(17,43)27(40)20(14)25(38)21(16)24(15)37/h6-7,10-11,14,17,23,37,39-40,43H,8-9H2,1-5H3,(H2,31,42)(H,32,33,36)/t14-,17-,23-,30-/m0/s1. The molecule has 0 unspecified atom stereocenters. The molecule has 0 aliphatic heterocycles. The summed E-state index contributed by atoms with van der Waals surface area (Å²) in [6, 6.07) is 3.81. The fourth-order valence-electron chi connectivity index (χ4n) is 6.73. The molecular weight excluding hydrogens is 558 g/mol. The van der Waals surface area contributed by atoms with Crippen LogP contribution in [0.3, 0.4) is 0 Å². The minimum Gasteiger partial charge on any atom is -0.510 e. The Balaban J connectivity index is 1.70. The Hall–Kier alpha value is -4.75. The molecule has 0 fully saturated rings. The third kappa shape index (κ3) is 4.34. The maximum Gasteiger partial charge on any atom is 0.255 e. The quantitative estimate of drug-likeness (QED) is 0.272. The van der Waals surface area contributed by atoms with Crippen LogP contribution in [0, 0.1) is 11.8 Å². The van der Waals surface area contributed by atoms with Crippen molar-refractivity contribution in [2.24, 2.45) is 17.6 Å². The summed E-state index contributed by atoms with van der Waals surface area (Å²) in [4.78, 5) is 58.8. The molecule has 0 radical (unpaired) electrons. The van der Waals surface area contributed by atoms with Gasteiger partial charge in [0.05, 0.1) is 11.6 Å². The molecule has 43 heavy (non-hydrogen) atoms. The number of allylic oxidation sites excluding steroid dienone is 1. The molecule has 226 valence electrons. The summed E-state index contributed by atoms with van der Waals surface area (Å²) in [6.07, 6.45) is 1.59. The zero-order valence-corrected chi connectivity index (χ0v) is 24.3. The summed E-state index contributed by atoms with van der Waals surface area (Å²) in [6.45, 7) is 1.34. The lowest BCUT2D eigenvalue weighted by Gasteiger charge is -2.50. The number of anilines is 2. The van der Waals surface area contributed by atoms with Crippen LogP contribution >= 0.6 is 0 Å². The smallest absolute Gasteiger partial charge is 0.255 e. The number of nitrogens with zero attached hydrogens (tertiary/aromatic N) is 3. The van der Waals surface area contributed by atoms with Gasteiger partial charge < -0.3 is 36.4 Å². The van der Waals surface area contributed by atoms with Gasteiger partial charge in [-0.15, -0.1) is 0 Å². The maximum atomic E-state index is 14.2. The second-order valence-electron chi connectivity index (χ2n) is 11.6. The molecule has 0 saturated heterocycles. The van der Waals surface area contributed by atoms with E-state index in [1.165, 1.54) is 18.0 Å². The predicted octanol–water partition coefficient (Wildman–Crippen LogP) is 1.21. The monoisotopic (exact) mass is 591 g/mol. The number of aliphatic hydroxyl groups excluding tert-OH is 2. The first-order valence-electron chi connectivity index (χ1n) is 13.6. The van der Waals surface area contributed by atoms with Crippen molar-refractivity contribution >= 4 is 34.9 Å². The zero-order chi connectivity index (χ0) is 31.7. The lowest BCUT2D eigenvalue weighted by Crippen LogP contribution is -2.63. The van der Waals surface area contributed by atoms with Gasteiger partial charge in [-0.25, -0.2) is 4.98 Å². The van der Waals surface area contributed by atoms with E-state index in [0.29, 0.717) is 22.6 Å². The van der Waals surface area contributed by atoms with Gasteiger partial charge in [0.15, 0.2) is 11.4 Å². The highest BCUT2D eigenvalue weighted by Crippen LogP contribution is 2.54. The number of ketones is 2. The largest absolute Gasteiger partial charge is 0.510 e. The molecule has 2 amide bonds. The first-order valence-corrected chi connectivity index (χ1v) is 13.6. The molecule has 1 aromatic carbocycles. The van der Waals surface area contributed by atoms with E-state index in [9.17, 15) is 39.6 Å². The third-order valence-electron chi connectivity index (χ3n) is 8.56. The number of aromatic nitrogens is 1. The summed E-state index contributed by atoms with van der Waals surface area (Å²) >= 11 is 0. The summed E-state index contributed by atoms with van der Waals surface area (Å²) in [7, 11) is 6.71. The first-order chi connectivity index (χ1) is 20.1. The molecule has 4 atom stereocenters. The Labute approximate surface area is 246 Å². The number of likely N-dealkylation sites (N-methyl/N-ethyl adjacent to an activating group) is 1. The van der Waals surface area contributed by atoms with E-state index in [1.54, 1.807) is 51.3 Å². The van der Waals surface area contributed by atoms with Crippen molar-refractivity contribution < 1.29 is 39.6 Å². The number of aromatic hydroxyl groups is 1. The fourth-order valence-corrected chi connectivity index (χ4v) is 6.73. The predicted molar refractivity (Wildman–Crippen MR) is 156 cm³/mol. The lowest BCUT2D eigenvalue weighted by molar-refractivity contribution is -0.148. The number of hydrogen-bond acceptors (Lipinski definition) is 11. The van der Waals surface area contributed by atoms with E-state index in [-0.39, 0.29) is 41.2 Å². The lowest BCUT2D eigenvalue weighted by atomic mass is 9.58. The fraction of sp³-hybridized carbons (Fsp3) is 0.367. The minimum absolute atomic E-state index is 0.00429. The number of fused-ring (bicyclic) bond motifs is 3. The van der Waals surface area contributed by atoms with Crippen molar-refractivity contribution in [1.82, 2.24) is 9.88 Å². The van der Waals surface area contributed by atoms with Gasteiger partial charge in [0.2, 0.25) is 11.7 Å². The maximum absolute atomic E-state index is 14.2. The van der Waals surface area contributed by atoms with Crippen molar-refractivity contribution in [2.75, 3.05) is 38.4 Å². The van der Waals surface area contributed by atoms with Crippen molar-refractivity contribution in [3.8, 4) is 16.9 Å². The Morgan fingerprint density at radius 1 is 1.12 bits per heavy atom. The molecule has 0 bridgehead atoms. The molecule has 0 saturated carbocycles. The van der Waals surface area contributed by atoms with Crippen LogP contribution < -0.4 is 16.0 Å². The molecule has 13 nitrogen and oxygen atoms in total. The Bertz CT molecular complexity index is 1660. The minimum atomic E-state index is -2.72. The van der Waals surface area contributed by atoms with E-state index < -0.39 is 58.0 Å². The highest BCUT2D eigenvalue weighted by atomic mass is 16.3. The number of nitrogens with one attached hydrogen (secondary N) is 1. The third-order valence-corrected chi connectivity index (χ3v) is 8.56. The molecule has 0 spiro atoms. The van der Waals surface area contributed by atoms with Crippen molar-refractivity contribution in [3.63, 3.8) is 0 Å². The molecule has 1 aromatic heterocycles. The highest BCUT2D eigenvalue weighted by Gasteiger charge is 2.63. The van der Waals surface area contributed by atoms with Gasteiger partial charge >= 0.3 is 0 Å². The van der Waals surface area contributed by atoms with Gasteiger partial charge in [-0.05, 0) is 56.6 Å². The summed E-state index contributed by atoms with van der Waals surface area (Å²) in [5.74, 6) is -7.09. The van der Waals surface area contributed by atoms with Crippen LogP contribution in [0.15, 0.2) is 47.1 Å². The number of primary amides is 1. The van der Waals surface area contributed by atoms with E-state index in [2.05, 4.69) is 10.3 Å². The van der Waals surface area contributed by atoms with E-state index in [1.807, 2.05) is 0 Å². The van der Waals surface area contributed by atoms with Crippen LogP contribution in [0.5, 0.6) is 5.75 Å². The highest BCUT2D eigenvalue weighted by molar-refractivity contribution is 6.25. The number of pyridine rings is 1. The zero-order valence-electron chi connectivity index (χ0n) is 24.3. The molecule has 1 heterocycles. The Morgan fingerprint density at radius 2 is 1.79 bits per heavy atom. The summed E-state index contributed by atoms with van der Waals surface area (Å²) in [5.41, 5.74) is 3.30. The normalized spacial score (nSPS) is 24.9. The number of phenolic OH excluding ortho intramolecular Hbond substituents is 1. The summed E-state index contributed by atoms with van der Waals surface area (Å²) < 4.78 is 0. The molecular formula is C30H33N5O8. The average molecular weight is 592 g/mol. The van der Waals surface area contributed by atoms with Gasteiger partial charge in [-0.3, -0.25) is 24.1 Å².